The van der Waals surface area contributed by atoms with E-state index in [-0.39, 0.29) is 0 Å². The van der Waals surface area contributed by atoms with Crippen LogP contribution in [0.2, 0.25) is 0 Å². The highest BCUT2D eigenvalue weighted by Crippen LogP contribution is 2.30. The van der Waals surface area contributed by atoms with Gasteiger partial charge in [0.05, 0.1) is 31.6 Å². The van der Waals surface area contributed by atoms with Crippen molar-refractivity contribution in [3.05, 3.63) is 48.3 Å². The highest BCUT2D eigenvalue weighted by atomic mass is 32.1. The molecule has 2 aromatic heterocycles. The van der Waals surface area contributed by atoms with Gasteiger partial charge in [-0.2, -0.15) is 0 Å². The van der Waals surface area contributed by atoms with Crippen LogP contribution in [-0.2, 0) is 6.54 Å². The van der Waals surface area contributed by atoms with Gasteiger partial charge in [0.1, 0.15) is 5.01 Å². The third-order valence-corrected chi connectivity index (χ3v) is 4.91. The molecule has 0 amide bonds. The van der Waals surface area contributed by atoms with Gasteiger partial charge in [0, 0.05) is 12.1 Å². The lowest BCUT2D eigenvalue weighted by Crippen LogP contribution is -1.99. The van der Waals surface area contributed by atoms with E-state index < -0.39 is 0 Å². The van der Waals surface area contributed by atoms with E-state index >= 15 is 0 Å². The molecule has 8 heteroatoms. The Balaban J connectivity index is 1.65. The topological polar surface area (TPSA) is 88.1 Å². The Morgan fingerprint density at radius 1 is 1.04 bits per heavy atom. The Morgan fingerprint density at radius 3 is 2.62 bits per heavy atom. The van der Waals surface area contributed by atoms with Gasteiger partial charge in [-0.15, -0.1) is 10.2 Å². The first-order valence-corrected chi connectivity index (χ1v) is 8.74. The normalized spacial score (nSPS) is 11.0. The third kappa shape index (κ3) is 2.95. The van der Waals surface area contributed by atoms with E-state index in [1.165, 1.54) is 11.3 Å². The van der Waals surface area contributed by atoms with Gasteiger partial charge in [-0.3, -0.25) is 0 Å². The summed E-state index contributed by atoms with van der Waals surface area (Å²) in [7, 11) is 3.26. The molecule has 0 atom stereocenters. The highest BCUT2D eigenvalue weighted by molar-refractivity contribution is 7.18. The quantitative estimate of drug-likeness (QED) is 0.583. The minimum atomic E-state index is 0.457. The van der Waals surface area contributed by atoms with Crippen LogP contribution < -0.4 is 15.2 Å². The predicted octanol–water partition coefficient (Wildman–Crippen LogP) is 3.20. The van der Waals surface area contributed by atoms with Gasteiger partial charge in [-0.05, 0) is 35.9 Å². The molecule has 0 fully saturated rings. The zero-order valence-electron chi connectivity index (χ0n) is 14.3. The summed E-state index contributed by atoms with van der Waals surface area (Å²) in [6, 6.07) is 11.9. The van der Waals surface area contributed by atoms with Gasteiger partial charge in [0.25, 0.3) is 0 Å². The first kappa shape index (κ1) is 16.3. The first-order valence-electron chi connectivity index (χ1n) is 7.93. The lowest BCUT2D eigenvalue weighted by atomic mass is 10.2. The molecule has 7 nitrogen and oxygen atoms in total. The van der Waals surface area contributed by atoms with Crippen molar-refractivity contribution < 1.29 is 9.47 Å². The standard InChI is InChI=1S/C18H17N5O2S/c1-24-15-6-3-11(7-16(15)25-2)9-23-10-20-13-8-12(4-5-14(13)23)17-21-22-18(19)26-17/h3-8,10H,9H2,1-2H3,(H2,19,22). The van der Waals surface area contributed by atoms with Gasteiger partial charge >= 0.3 is 0 Å². The van der Waals surface area contributed by atoms with Crippen LogP contribution in [-0.4, -0.2) is 34.0 Å². The Kier molecular flexibility index (Phi) is 4.18. The van der Waals surface area contributed by atoms with Gasteiger partial charge in [0.15, 0.2) is 11.5 Å². The van der Waals surface area contributed by atoms with E-state index in [1.807, 2.05) is 42.7 Å². The van der Waals surface area contributed by atoms with Crippen molar-refractivity contribution in [2.75, 3.05) is 20.0 Å². The van der Waals surface area contributed by atoms with Gasteiger partial charge in [-0.1, -0.05) is 17.4 Å². The Hall–Kier alpha value is -3.13. The smallest absolute Gasteiger partial charge is 0.203 e. The molecule has 0 unspecified atom stereocenters. The summed E-state index contributed by atoms with van der Waals surface area (Å²) in [6.07, 6.45) is 1.83. The molecule has 0 saturated heterocycles. The zero-order chi connectivity index (χ0) is 18.1. The van der Waals surface area contributed by atoms with Crippen LogP contribution in [0.1, 0.15) is 5.56 Å². The second kappa shape index (κ2) is 6.64. The van der Waals surface area contributed by atoms with Crippen molar-refractivity contribution >= 4 is 27.5 Å². The van der Waals surface area contributed by atoms with Crippen molar-refractivity contribution in [2.45, 2.75) is 6.54 Å². The molecule has 26 heavy (non-hydrogen) atoms. The molecule has 2 aromatic carbocycles. The van der Waals surface area contributed by atoms with E-state index in [4.69, 9.17) is 15.2 Å². The summed E-state index contributed by atoms with van der Waals surface area (Å²) in [5.41, 5.74) is 9.67. The largest absolute Gasteiger partial charge is 0.493 e. The Labute approximate surface area is 154 Å². The second-order valence-electron chi connectivity index (χ2n) is 5.71. The molecule has 0 radical (unpaired) electrons. The van der Waals surface area contributed by atoms with Crippen molar-refractivity contribution in [2.24, 2.45) is 0 Å². The van der Waals surface area contributed by atoms with Crippen LogP contribution in [0.5, 0.6) is 11.5 Å². The van der Waals surface area contributed by atoms with Crippen LogP contribution in [0.3, 0.4) is 0 Å². The molecule has 4 rings (SSSR count). The fourth-order valence-corrected chi connectivity index (χ4v) is 3.46. The molecule has 4 aromatic rings. The van der Waals surface area contributed by atoms with Crippen molar-refractivity contribution in [1.82, 2.24) is 19.7 Å². The van der Waals surface area contributed by atoms with E-state index in [0.717, 1.165) is 27.2 Å². The second-order valence-corrected chi connectivity index (χ2v) is 6.72. The van der Waals surface area contributed by atoms with Crippen molar-refractivity contribution in [1.29, 1.82) is 0 Å². The maximum absolute atomic E-state index is 5.67. The number of imidazole rings is 1. The fourth-order valence-electron chi connectivity index (χ4n) is 2.85. The molecular formula is C18H17N5O2S. The number of nitrogen functional groups attached to an aromatic ring is 1. The molecule has 2 N–H and O–H groups in total. The van der Waals surface area contributed by atoms with Crippen molar-refractivity contribution in [3.8, 4) is 22.1 Å². The molecule has 0 aliphatic heterocycles. The van der Waals surface area contributed by atoms with E-state index in [9.17, 15) is 0 Å². The Bertz CT molecular complexity index is 1070. The number of aromatic nitrogens is 4. The molecule has 0 aliphatic carbocycles. The van der Waals surface area contributed by atoms with Crippen molar-refractivity contribution in [3.63, 3.8) is 0 Å². The number of anilines is 1. The number of nitrogens with two attached hydrogens (primary N) is 1. The minimum Gasteiger partial charge on any atom is -0.493 e. The van der Waals surface area contributed by atoms with Crippen LogP contribution in [0, 0.1) is 0 Å². The lowest BCUT2D eigenvalue weighted by molar-refractivity contribution is 0.354. The molecular weight excluding hydrogens is 350 g/mol. The first-order chi connectivity index (χ1) is 12.7. The SMILES string of the molecule is COc1ccc(Cn2cnc3cc(-c4nnc(N)s4)ccc32)cc1OC. The lowest BCUT2D eigenvalue weighted by Gasteiger charge is -2.10. The van der Waals surface area contributed by atoms with Gasteiger partial charge in [-0.25, -0.2) is 4.98 Å². The molecule has 2 heterocycles. The number of hydrogen-bond acceptors (Lipinski definition) is 7. The summed E-state index contributed by atoms with van der Waals surface area (Å²) >= 11 is 1.36. The number of fused-ring (bicyclic) bond motifs is 1. The third-order valence-electron chi connectivity index (χ3n) is 4.11. The van der Waals surface area contributed by atoms with E-state index in [2.05, 4.69) is 19.7 Å². The van der Waals surface area contributed by atoms with E-state index in [0.29, 0.717) is 23.2 Å². The Morgan fingerprint density at radius 2 is 1.88 bits per heavy atom. The summed E-state index contributed by atoms with van der Waals surface area (Å²) < 4.78 is 12.8. The van der Waals surface area contributed by atoms with Crippen LogP contribution >= 0.6 is 11.3 Å². The maximum Gasteiger partial charge on any atom is 0.203 e. The van der Waals surface area contributed by atoms with Gasteiger partial charge < -0.3 is 19.8 Å². The van der Waals surface area contributed by atoms with Gasteiger partial charge in [0.2, 0.25) is 5.13 Å². The van der Waals surface area contributed by atoms with Crippen LogP contribution in [0.4, 0.5) is 5.13 Å². The monoisotopic (exact) mass is 367 g/mol. The highest BCUT2D eigenvalue weighted by Gasteiger charge is 2.10. The molecule has 0 bridgehead atoms. The molecule has 132 valence electrons. The molecule has 0 saturated carbocycles. The number of benzene rings is 2. The summed E-state index contributed by atoms with van der Waals surface area (Å²) in [5.74, 6) is 1.43. The van der Waals surface area contributed by atoms with Crippen LogP contribution in [0.15, 0.2) is 42.7 Å². The minimum absolute atomic E-state index is 0.457. The molecule has 0 spiro atoms. The maximum atomic E-state index is 5.67. The number of nitrogens with zero attached hydrogens (tertiary/aromatic N) is 4. The number of ether oxygens (including phenoxy) is 2. The van der Waals surface area contributed by atoms with Crippen LogP contribution in [0.25, 0.3) is 21.6 Å². The fraction of sp³-hybridized carbons (Fsp3) is 0.167. The average molecular weight is 367 g/mol. The summed E-state index contributed by atoms with van der Waals surface area (Å²) in [6.45, 7) is 0.682. The summed E-state index contributed by atoms with van der Waals surface area (Å²) in [5, 5.41) is 9.20. The summed E-state index contributed by atoms with van der Waals surface area (Å²) in [4.78, 5) is 4.52. The molecule has 0 aliphatic rings. The predicted molar refractivity (Wildman–Crippen MR) is 102 cm³/mol. The number of rotatable bonds is 5. The zero-order valence-corrected chi connectivity index (χ0v) is 15.2. The number of hydrogen-bond donors (Lipinski definition) is 1. The number of methoxy groups -OCH3 is 2. The average Bonchev–Trinajstić information content (AvgIpc) is 3.27. The van der Waals surface area contributed by atoms with E-state index in [1.54, 1.807) is 14.2 Å².